The van der Waals surface area contributed by atoms with Gasteiger partial charge in [0, 0.05) is 10.6 Å². The van der Waals surface area contributed by atoms with Crippen molar-refractivity contribution >= 4 is 34.3 Å². The van der Waals surface area contributed by atoms with Crippen LogP contribution >= 0.6 is 34.3 Å². The largest absolute Gasteiger partial charge is 0.479 e. The molecular weight excluding hydrogens is 389 g/mol. The molecule has 6 heteroatoms. The molecule has 2 nitrogen and oxygen atoms in total. The highest BCUT2D eigenvalue weighted by Crippen LogP contribution is 2.48. The molecule has 0 fully saturated rings. The lowest BCUT2D eigenvalue weighted by molar-refractivity contribution is 0.247. The molecule has 1 unspecified atom stereocenters. The van der Waals surface area contributed by atoms with Crippen LogP contribution in [0.5, 0.6) is 5.75 Å². The maximum atomic E-state index is 13.9. The summed E-state index contributed by atoms with van der Waals surface area (Å²) in [6.07, 6.45) is -0.203. The normalized spacial score (nSPS) is 15.2. The molecule has 0 aliphatic carbocycles. The first-order chi connectivity index (χ1) is 12.6. The van der Waals surface area contributed by atoms with E-state index in [9.17, 15) is 4.39 Å². The van der Waals surface area contributed by atoms with Crippen molar-refractivity contribution in [1.82, 2.24) is 4.58 Å². The van der Waals surface area contributed by atoms with Crippen molar-refractivity contribution in [3.63, 3.8) is 0 Å². The van der Waals surface area contributed by atoms with E-state index >= 15 is 0 Å². The van der Waals surface area contributed by atoms with Crippen molar-refractivity contribution in [2.24, 2.45) is 0 Å². The molecule has 0 saturated carbocycles. The van der Waals surface area contributed by atoms with Gasteiger partial charge in [-0.25, -0.2) is 8.97 Å². The zero-order valence-corrected chi connectivity index (χ0v) is 16.8. The second-order valence-corrected chi connectivity index (χ2v) is 8.75. The van der Waals surface area contributed by atoms with Gasteiger partial charge >= 0.3 is 3.98 Å². The van der Waals surface area contributed by atoms with Gasteiger partial charge in [0.15, 0.2) is 6.10 Å². The molecule has 134 valence electrons. The first kappa shape index (κ1) is 17.7. The Labute approximate surface area is 164 Å². The highest BCUT2D eigenvalue weighted by Gasteiger charge is 2.32. The molecule has 2 aromatic carbocycles. The monoisotopic (exact) mass is 406 g/mol. The van der Waals surface area contributed by atoms with Crippen LogP contribution in [-0.2, 0) is 0 Å². The quantitative estimate of drug-likeness (QED) is 0.518. The van der Waals surface area contributed by atoms with E-state index in [1.807, 2.05) is 24.3 Å². The van der Waals surface area contributed by atoms with Crippen molar-refractivity contribution in [3.8, 4) is 16.2 Å². The van der Waals surface area contributed by atoms with Crippen LogP contribution in [0.3, 0.4) is 0 Å². The van der Waals surface area contributed by atoms with E-state index in [4.69, 9.17) is 16.3 Å². The van der Waals surface area contributed by atoms with Crippen LogP contribution in [0, 0.1) is 5.82 Å². The molecule has 2 heterocycles. The lowest BCUT2D eigenvalue weighted by atomic mass is 10.0. The standard InChI is InChI=1S/C20H18ClFNOS2/c1-3-23(4-2)20-25-18-15-11-14(22)9-10-16(15)24-17(19(18)26-20)12-5-7-13(21)8-6-12/h5-11,17H,3-4H2,1-2H3/q+1. The molecule has 0 bridgehead atoms. The topological polar surface area (TPSA) is 12.2 Å². The molecule has 0 amide bonds. The van der Waals surface area contributed by atoms with Crippen molar-refractivity contribution in [2.75, 3.05) is 13.1 Å². The van der Waals surface area contributed by atoms with Crippen LogP contribution in [0.1, 0.15) is 30.4 Å². The number of fused-ring (bicyclic) bond motifs is 3. The Hall–Kier alpha value is -1.69. The predicted octanol–water partition coefficient (Wildman–Crippen LogP) is 5.56. The summed E-state index contributed by atoms with van der Waals surface area (Å²) in [5, 5.41) is 0.699. The Morgan fingerprint density at radius 2 is 1.81 bits per heavy atom. The number of nitrogens with zero attached hydrogens (tertiary/aromatic N) is 1. The molecule has 1 aliphatic rings. The van der Waals surface area contributed by atoms with Crippen LogP contribution in [0.2, 0.25) is 5.02 Å². The number of rotatable bonds is 3. The predicted molar refractivity (Wildman–Crippen MR) is 108 cm³/mol. The van der Waals surface area contributed by atoms with Gasteiger partial charge in [-0.3, -0.25) is 0 Å². The van der Waals surface area contributed by atoms with E-state index in [1.165, 1.54) is 10.1 Å². The lowest BCUT2D eigenvalue weighted by Crippen LogP contribution is -2.25. The van der Waals surface area contributed by atoms with E-state index < -0.39 is 0 Å². The average Bonchev–Trinajstić information content (AvgIpc) is 3.08. The minimum absolute atomic E-state index is 0.203. The number of hydrogen-bond donors (Lipinski definition) is 0. The smallest absolute Gasteiger partial charge is 0.314 e. The summed E-state index contributed by atoms with van der Waals surface area (Å²) in [6.45, 7) is 6.18. The van der Waals surface area contributed by atoms with Gasteiger partial charge in [0.2, 0.25) is 0 Å². The van der Waals surface area contributed by atoms with Gasteiger partial charge in [-0.05, 0) is 49.7 Å². The van der Waals surface area contributed by atoms with Gasteiger partial charge < -0.3 is 4.74 Å². The number of hydrogen-bond acceptors (Lipinski definition) is 3. The highest BCUT2D eigenvalue weighted by atomic mass is 35.5. The molecule has 26 heavy (non-hydrogen) atoms. The maximum absolute atomic E-state index is 13.9. The van der Waals surface area contributed by atoms with Crippen molar-refractivity contribution in [2.45, 2.75) is 20.0 Å². The van der Waals surface area contributed by atoms with Crippen LogP contribution in [0.25, 0.3) is 10.4 Å². The van der Waals surface area contributed by atoms with Crippen molar-refractivity contribution in [1.29, 1.82) is 0 Å². The van der Waals surface area contributed by atoms with Gasteiger partial charge in [0.05, 0.1) is 9.75 Å². The minimum atomic E-state index is -0.244. The Morgan fingerprint density at radius 1 is 1.08 bits per heavy atom. The molecule has 0 radical (unpaired) electrons. The summed E-state index contributed by atoms with van der Waals surface area (Å²) in [7, 11) is 0. The Morgan fingerprint density at radius 3 is 2.50 bits per heavy atom. The first-order valence-electron chi connectivity index (χ1n) is 8.54. The summed E-state index contributed by atoms with van der Waals surface area (Å²) in [5.74, 6) is 0.477. The van der Waals surface area contributed by atoms with E-state index in [2.05, 4.69) is 18.4 Å². The first-order valence-corrected chi connectivity index (χ1v) is 10.6. The average molecular weight is 407 g/mol. The molecule has 1 aliphatic heterocycles. The summed E-state index contributed by atoms with van der Waals surface area (Å²) < 4.78 is 23.7. The molecule has 1 atom stereocenters. The third-order valence-corrected chi connectivity index (χ3v) is 7.50. The summed E-state index contributed by atoms with van der Waals surface area (Å²) in [4.78, 5) is 2.22. The fraction of sp³-hybridized carbons (Fsp3) is 0.250. The SMILES string of the molecule is CC[N+](CC)=c1sc2c(s1)C(c1ccc(Cl)cc1)Oc1ccc(F)cc1-2. The van der Waals surface area contributed by atoms with E-state index in [0.29, 0.717) is 5.02 Å². The second kappa shape index (κ2) is 7.14. The van der Waals surface area contributed by atoms with Crippen LogP contribution in [-0.4, -0.2) is 13.1 Å². The van der Waals surface area contributed by atoms with Crippen LogP contribution < -0.4 is 13.3 Å². The van der Waals surface area contributed by atoms with Gasteiger partial charge in [0.1, 0.15) is 24.7 Å². The minimum Gasteiger partial charge on any atom is -0.479 e. The highest BCUT2D eigenvalue weighted by molar-refractivity contribution is 7.29. The number of ether oxygens (including phenoxy) is 1. The molecule has 4 rings (SSSR count). The van der Waals surface area contributed by atoms with Crippen LogP contribution in [0.4, 0.5) is 4.39 Å². The van der Waals surface area contributed by atoms with E-state index in [0.717, 1.165) is 39.7 Å². The number of halogens is 2. The maximum Gasteiger partial charge on any atom is 0.314 e. The zero-order valence-electron chi connectivity index (χ0n) is 14.5. The third-order valence-electron chi connectivity index (χ3n) is 4.47. The fourth-order valence-electron chi connectivity index (χ4n) is 3.09. The van der Waals surface area contributed by atoms with Crippen molar-refractivity contribution < 1.29 is 9.13 Å². The number of benzene rings is 2. The molecular formula is C20H18ClFNOS2+. The zero-order chi connectivity index (χ0) is 18.3. The summed E-state index contributed by atoms with van der Waals surface area (Å²) in [5.41, 5.74) is 1.88. The Kier molecular flexibility index (Phi) is 4.86. The van der Waals surface area contributed by atoms with E-state index in [-0.39, 0.29) is 11.9 Å². The molecule has 0 spiro atoms. The van der Waals surface area contributed by atoms with E-state index in [1.54, 1.807) is 34.8 Å². The van der Waals surface area contributed by atoms with Gasteiger partial charge in [-0.2, -0.15) is 0 Å². The second-order valence-electron chi connectivity index (χ2n) is 6.03. The van der Waals surface area contributed by atoms with Gasteiger partial charge in [-0.15, -0.1) is 0 Å². The summed E-state index contributed by atoms with van der Waals surface area (Å²) in [6, 6.07) is 12.5. The third kappa shape index (κ3) is 3.08. The van der Waals surface area contributed by atoms with Crippen molar-refractivity contribution in [3.05, 3.63) is 67.7 Å². The van der Waals surface area contributed by atoms with Gasteiger partial charge in [0.25, 0.3) is 0 Å². The Balaban J connectivity index is 1.95. The van der Waals surface area contributed by atoms with Gasteiger partial charge in [-0.1, -0.05) is 46.4 Å². The molecule has 0 saturated heterocycles. The molecule has 3 aromatic rings. The molecule has 0 N–H and O–H groups in total. The van der Waals surface area contributed by atoms with Crippen LogP contribution in [0.15, 0.2) is 42.5 Å². The summed E-state index contributed by atoms with van der Waals surface area (Å²) >= 11 is 9.50. The molecule has 1 aromatic heterocycles. The fourth-order valence-corrected chi connectivity index (χ4v) is 6.26. The Bertz CT molecular complexity index is 1020. The lowest BCUT2D eigenvalue weighted by Gasteiger charge is -2.25.